The summed E-state index contributed by atoms with van der Waals surface area (Å²) in [5.41, 5.74) is 11.0. The van der Waals surface area contributed by atoms with Crippen molar-refractivity contribution in [1.82, 2.24) is 19.5 Å². The topological polar surface area (TPSA) is 145 Å². The van der Waals surface area contributed by atoms with Gasteiger partial charge in [0.25, 0.3) is 0 Å². The summed E-state index contributed by atoms with van der Waals surface area (Å²) in [5.74, 6) is 2.40. The first-order valence-electron chi connectivity index (χ1n) is 6.17. The molecule has 9 heteroatoms. The van der Waals surface area contributed by atoms with Crippen LogP contribution in [0.15, 0.2) is 12.5 Å². The molecule has 0 saturated carbocycles. The smallest absolute Gasteiger partial charge is 0.222 e. The molecule has 2 aromatic heterocycles. The Bertz CT molecular complexity index is 725. The molecule has 6 N–H and O–H groups in total. The molecule has 110 valence electrons. The Morgan fingerprint density at radius 3 is 2.95 bits per heavy atom. The SMILES string of the molecule is C#C[C@@]1(N)C(O)[C@@H](CO)O[C@H]1n1cnc2cnc(N)nc21. The van der Waals surface area contributed by atoms with Gasteiger partial charge in [0.2, 0.25) is 5.95 Å². The van der Waals surface area contributed by atoms with Crippen LogP contribution in [0.5, 0.6) is 0 Å². The lowest BCUT2D eigenvalue weighted by Crippen LogP contribution is -2.53. The number of fused-ring (bicyclic) bond motifs is 1. The average Bonchev–Trinajstić information content (AvgIpc) is 2.99. The Morgan fingerprint density at radius 2 is 2.29 bits per heavy atom. The van der Waals surface area contributed by atoms with E-state index in [0.29, 0.717) is 11.2 Å². The van der Waals surface area contributed by atoms with E-state index in [-0.39, 0.29) is 5.95 Å². The second-order valence-corrected chi connectivity index (χ2v) is 4.82. The van der Waals surface area contributed by atoms with Crippen LogP contribution < -0.4 is 11.5 Å². The second-order valence-electron chi connectivity index (χ2n) is 4.82. The molecule has 3 rings (SSSR count). The van der Waals surface area contributed by atoms with E-state index in [9.17, 15) is 10.2 Å². The number of aliphatic hydroxyl groups is 2. The predicted molar refractivity (Wildman–Crippen MR) is 72.5 cm³/mol. The van der Waals surface area contributed by atoms with Gasteiger partial charge >= 0.3 is 0 Å². The molecule has 1 saturated heterocycles. The molecule has 0 aliphatic carbocycles. The van der Waals surface area contributed by atoms with Crippen LogP contribution in [-0.4, -0.2) is 54.1 Å². The Balaban J connectivity index is 2.13. The first kappa shape index (κ1) is 13.7. The van der Waals surface area contributed by atoms with Gasteiger partial charge in [0.15, 0.2) is 17.4 Å². The zero-order chi connectivity index (χ0) is 15.2. The van der Waals surface area contributed by atoms with Gasteiger partial charge in [-0.05, 0) is 0 Å². The molecule has 9 nitrogen and oxygen atoms in total. The number of hydrogen-bond donors (Lipinski definition) is 4. The summed E-state index contributed by atoms with van der Waals surface area (Å²) in [5, 5.41) is 19.4. The van der Waals surface area contributed by atoms with Crippen LogP contribution in [-0.2, 0) is 4.74 Å². The van der Waals surface area contributed by atoms with Gasteiger partial charge in [-0.1, -0.05) is 5.92 Å². The zero-order valence-corrected chi connectivity index (χ0v) is 10.9. The van der Waals surface area contributed by atoms with Crippen molar-refractivity contribution < 1.29 is 14.9 Å². The highest BCUT2D eigenvalue weighted by Crippen LogP contribution is 2.37. The third-order valence-electron chi connectivity index (χ3n) is 3.57. The van der Waals surface area contributed by atoms with Gasteiger partial charge in [-0.2, -0.15) is 4.98 Å². The van der Waals surface area contributed by atoms with Gasteiger partial charge in [-0.25, -0.2) is 9.97 Å². The Kier molecular flexibility index (Phi) is 3.03. The Hall–Kier alpha value is -2.25. The third kappa shape index (κ3) is 1.85. The number of nitrogen functional groups attached to an aromatic ring is 1. The average molecular weight is 290 g/mol. The van der Waals surface area contributed by atoms with Gasteiger partial charge in [-0.15, -0.1) is 6.42 Å². The predicted octanol–water partition coefficient (Wildman–Crippen LogP) is -2.01. The molecular formula is C12H14N6O3. The number of hydrogen-bond acceptors (Lipinski definition) is 8. The van der Waals surface area contributed by atoms with E-state index < -0.39 is 30.6 Å². The summed E-state index contributed by atoms with van der Waals surface area (Å²) >= 11 is 0. The van der Waals surface area contributed by atoms with Gasteiger partial charge in [-0.3, -0.25) is 4.57 Å². The fourth-order valence-electron chi connectivity index (χ4n) is 2.41. The third-order valence-corrected chi connectivity index (χ3v) is 3.57. The normalized spacial score (nSPS) is 32.4. The highest BCUT2D eigenvalue weighted by atomic mass is 16.5. The molecule has 1 aliphatic heterocycles. The summed E-state index contributed by atoms with van der Waals surface area (Å²) in [6.07, 6.45) is 5.28. The van der Waals surface area contributed by atoms with E-state index >= 15 is 0 Å². The summed E-state index contributed by atoms with van der Waals surface area (Å²) < 4.78 is 7.05. The van der Waals surface area contributed by atoms with Gasteiger partial charge in [0.1, 0.15) is 17.7 Å². The number of imidazole rings is 1. The molecular weight excluding hydrogens is 276 g/mol. The maximum absolute atomic E-state index is 10.2. The van der Waals surface area contributed by atoms with Crippen molar-refractivity contribution in [3.05, 3.63) is 12.5 Å². The quantitative estimate of drug-likeness (QED) is 0.464. The minimum absolute atomic E-state index is 0.0600. The lowest BCUT2D eigenvalue weighted by Gasteiger charge is -2.27. The fourth-order valence-corrected chi connectivity index (χ4v) is 2.41. The number of ether oxygens (including phenoxy) is 1. The molecule has 0 amide bonds. The monoisotopic (exact) mass is 290 g/mol. The molecule has 1 fully saturated rings. The van der Waals surface area contributed by atoms with Gasteiger partial charge in [0, 0.05) is 0 Å². The molecule has 0 radical (unpaired) electrons. The van der Waals surface area contributed by atoms with Crippen LogP contribution in [0.1, 0.15) is 6.23 Å². The standard InChI is InChI=1S/C12H14N6O3/c1-2-12(14)8(20)7(4-19)21-10(12)18-5-16-6-3-15-11(13)17-9(6)18/h1,3,5,7-8,10,19-20H,4,14H2,(H2,13,15,17)/t7-,8?,10-,12-/m1/s1. The number of aromatic nitrogens is 4. The lowest BCUT2D eigenvalue weighted by atomic mass is 9.92. The van der Waals surface area contributed by atoms with Crippen LogP contribution in [0.3, 0.4) is 0 Å². The molecule has 21 heavy (non-hydrogen) atoms. The summed E-state index contributed by atoms with van der Waals surface area (Å²) in [4.78, 5) is 12.0. The molecule has 1 unspecified atom stereocenters. The first-order valence-corrected chi connectivity index (χ1v) is 6.17. The Labute approximate surface area is 119 Å². The number of nitrogens with zero attached hydrogens (tertiary/aromatic N) is 4. The molecule has 0 spiro atoms. The van der Waals surface area contributed by atoms with Gasteiger partial charge in [0.05, 0.1) is 19.1 Å². The summed E-state index contributed by atoms with van der Waals surface area (Å²) in [6.45, 7) is -0.415. The molecule has 1 aliphatic rings. The lowest BCUT2D eigenvalue weighted by molar-refractivity contribution is -0.0447. The van der Waals surface area contributed by atoms with E-state index in [1.807, 2.05) is 0 Å². The largest absolute Gasteiger partial charge is 0.394 e. The van der Waals surface area contributed by atoms with E-state index in [1.165, 1.54) is 17.1 Å². The van der Waals surface area contributed by atoms with Crippen molar-refractivity contribution in [2.75, 3.05) is 12.3 Å². The molecule has 2 aromatic rings. The molecule has 3 heterocycles. The van der Waals surface area contributed by atoms with E-state index in [1.54, 1.807) is 0 Å². The molecule has 4 atom stereocenters. The number of rotatable bonds is 2. The van der Waals surface area contributed by atoms with Crippen molar-refractivity contribution in [2.24, 2.45) is 5.73 Å². The van der Waals surface area contributed by atoms with E-state index in [2.05, 4.69) is 20.9 Å². The summed E-state index contributed by atoms with van der Waals surface area (Å²) in [7, 11) is 0. The maximum atomic E-state index is 10.2. The maximum Gasteiger partial charge on any atom is 0.222 e. The van der Waals surface area contributed by atoms with Crippen molar-refractivity contribution in [1.29, 1.82) is 0 Å². The van der Waals surface area contributed by atoms with Crippen molar-refractivity contribution >= 4 is 17.1 Å². The van der Waals surface area contributed by atoms with Crippen molar-refractivity contribution in [3.63, 3.8) is 0 Å². The first-order chi connectivity index (χ1) is 10.0. The van der Waals surface area contributed by atoms with Crippen LogP contribution >= 0.6 is 0 Å². The fraction of sp³-hybridized carbons (Fsp3) is 0.417. The summed E-state index contributed by atoms with van der Waals surface area (Å²) in [6, 6.07) is 0. The van der Waals surface area contributed by atoms with Crippen LogP contribution in [0.25, 0.3) is 11.2 Å². The van der Waals surface area contributed by atoms with Crippen molar-refractivity contribution in [2.45, 2.75) is 24.0 Å². The van der Waals surface area contributed by atoms with Crippen LogP contribution in [0.4, 0.5) is 5.95 Å². The number of anilines is 1. The Morgan fingerprint density at radius 1 is 1.52 bits per heavy atom. The van der Waals surface area contributed by atoms with Crippen LogP contribution in [0, 0.1) is 12.3 Å². The second kappa shape index (κ2) is 4.64. The number of terminal acetylenes is 1. The minimum Gasteiger partial charge on any atom is -0.394 e. The highest BCUT2D eigenvalue weighted by molar-refractivity contribution is 5.70. The van der Waals surface area contributed by atoms with Crippen LogP contribution in [0.2, 0.25) is 0 Å². The van der Waals surface area contributed by atoms with Gasteiger partial charge < -0.3 is 26.4 Å². The number of aliphatic hydroxyl groups excluding tert-OH is 2. The van der Waals surface area contributed by atoms with E-state index in [4.69, 9.17) is 22.6 Å². The molecule has 0 bridgehead atoms. The minimum atomic E-state index is -1.53. The highest BCUT2D eigenvalue weighted by Gasteiger charge is 2.54. The number of nitrogens with two attached hydrogens (primary N) is 2. The molecule has 0 aromatic carbocycles. The zero-order valence-electron chi connectivity index (χ0n) is 10.9. The van der Waals surface area contributed by atoms with E-state index in [0.717, 1.165) is 0 Å². The van der Waals surface area contributed by atoms with Crippen molar-refractivity contribution in [3.8, 4) is 12.3 Å².